The molecule has 136 valence electrons. The van der Waals surface area contributed by atoms with Crippen LogP contribution in [0.4, 0.5) is 37.7 Å². The standard InChI is InChI=1S/C15H12F6N2O2/c16-13(14(17,18)15(19,20)21,7-3-1-5-9(24)11(7)22)8-4-2-6-10(25)12(8)23/h1-6,24-25H,22-23H2. The summed E-state index contributed by atoms with van der Waals surface area (Å²) in [6.07, 6.45) is -6.32. The number of hydrogen-bond donors (Lipinski definition) is 4. The van der Waals surface area contributed by atoms with Crippen molar-refractivity contribution in [1.29, 1.82) is 0 Å². The molecule has 0 heterocycles. The number of phenolic OH excluding ortho intramolecular Hbond substituents is 2. The molecule has 6 N–H and O–H groups in total. The number of nitrogens with two attached hydrogens (primary N) is 2. The average molecular weight is 366 g/mol. The molecule has 0 saturated heterocycles. The highest BCUT2D eigenvalue weighted by atomic mass is 19.4. The monoisotopic (exact) mass is 366 g/mol. The zero-order valence-electron chi connectivity index (χ0n) is 12.3. The van der Waals surface area contributed by atoms with E-state index >= 15 is 4.39 Å². The summed E-state index contributed by atoms with van der Waals surface area (Å²) in [7, 11) is 0. The van der Waals surface area contributed by atoms with E-state index in [2.05, 4.69) is 0 Å². The van der Waals surface area contributed by atoms with Crippen LogP contribution >= 0.6 is 0 Å². The SMILES string of the molecule is Nc1c(O)cccc1C(F)(c1cccc(O)c1N)C(F)(F)C(F)(F)F. The van der Waals surface area contributed by atoms with E-state index in [9.17, 15) is 32.2 Å². The van der Waals surface area contributed by atoms with Crippen molar-refractivity contribution in [3.63, 3.8) is 0 Å². The fraction of sp³-hybridized carbons (Fsp3) is 0.200. The maximum absolute atomic E-state index is 15.6. The number of anilines is 2. The number of hydrogen-bond acceptors (Lipinski definition) is 4. The molecular weight excluding hydrogens is 354 g/mol. The van der Waals surface area contributed by atoms with Gasteiger partial charge in [0, 0.05) is 11.1 Å². The van der Waals surface area contributed by atoms with Gasteiger partial charge in [-0.15, -0.1) is 0 Å². The van der Waals surface area contributed by atoms with E-state index < -0.39 is 51.8 Å². The van der Waals surface area contributed by atoms with Gasteiger partial charge in [0.15, 0.2) is 0 Å². The Hall–Kier alpha value is -2.78. The Balaban J connectivity index is 2.96. The van der Waals surface area contributed by atoms with Crippen molar-refractivity contribution in [3.8, 4) is 11.5 Å². The maximum atomic E-state index is 15.6. The molecule has 0 aliphatic rings. The molecule has 0 fully saturated rings. The first-order valence-corrected chi connectivity index (χ1v) is 6.65. The summed E-state index contributed by atoms with van der Waals surface area (Å²) < 4.78 is 82.9. The number of phenols is 2. The minimum Gasteiger partial charge on any atom is -0.506 e. The minimum absolute atomic E-state index is 0.568. The average Bonchev–Trinajstić information content (AvgIpc) is 2.50. The molecule has 0 amide bonds. The van der Waals surface area contributed by atoms with Gasteiger partial charge in [0.25, 0.3) is 0 Å². The lowest BCUT2D eigenvalue weighted by Gasteiger charge is -2.36. The van der Waals surface area contributed by atoms with Crippen molar-refractivity contribution in [3.05, 3.63) is 47.5 Å². The molecule has 0 unspecified atom stereocenters. The lowest BCUT2D eigenvalue weighted by atomic mass is 9.80. The van der Waals surface area contributed by atoms with E-state index in [4.69, 9.17) is 11.5 Å². The van der Waals surface area contributed by atoms with Crippen LogP contribution < -0.4 is 11.5 Å². The normalized spacial score (nSPS) is 13.0. The first-order valence-electron chi connectivity index (χ1n) is 6.65. The lowest BCUT2D eigenvalue weighted by Crippen LogP contribution is -2.53. The molecule has 0 aliphatic carbocycles. The highest BCUT2D eigenvalue weighted by Crippen LogP contribution is 2.57. The highest BCUT2D eigenvalue weighted by Gasteiger charge is 2.73. The van der Waals surface area contributed by atoms with Crippen LogP contribution in [0, 0.1) is 0 Å². The van der Waals surface area contributed by atoms with Gasteiger partial charge in [0.05, 0.1) is 11.4 Å². The van der Waals surface area contributed by atoms with E-state index in [1.807, 2.05) is 0 Å². The number of aromatic hydroxyl groups is 2. The number of nitrogen functional groups attached to an aromatic ring is 2. The third kappa shape index (κ3) is 2.57. The molecule has 0 saturated carbocycles. The Morgan fingerprint density at radius 1 is 0.680 bits per heavy atom. The molecule has 0 radical (unpaired) electrons. The van der Waals surface area contributed by atoms with Gasteiger partial charge in [0.1, 0.15) is 11.5 Å². The second-order valence-electron chi connectivity index (χ2n) is 5.21. The molecule has 0 aliphatic heterocycles. The third-order valence-corrected chi connectivity index (χ3v) is 3.70. The van der Waals surface area contributed by atoms with Crippen molar-refractivity contribution in [2.24, 2.45) is 0 Å². The molecule has 2 aromatic rings. The second kappa shape index (κ2) is 5.64. The molecule has 25 heavy (non-hydrogen) atoms. The number of benzene rings is 2. The van der Waals surface area contributed by atoms with Gasteiger partial charge in [0.2, 0.25) is 5.67 Å². The minimum atomic E-state index is -6.32. The van der Waals surface area contributed by atoms with Gasteiger partial charge in [-0.25, -0.2) is 4.39 Å². The smallest absolute Gasteiger partial charge is 0.457 e. The summed E-state index contributed by atoms with van der Waals surface area (Å²) in [6, 6.07) is 4.60. The van der Waals surface area contributed by atoms with Crippen LogP contribution in [0.2, 0.25) is 0 Å². The summed E-state index contributed by atoms with van der Waals surface area (Å²) in [4.78, 5) is 0. The zero-order valence-corrected chi connectivity index (χ0v) is 12.3. The quantitative estimate of drug-likeness (QED) is 0.379. The first kappa shape index (κ1) is 18.6. The first-order chi connectivity index (χ1) is 11.4. The molecule has 0 bridgehead atoms. The van der Waals surface area contributed by atoms with Gasteiger partial charge in [-0.3, -0.25) is 0 Å². The predicted octanol–water partition coefficient (Wildman–Crippen LogP) is 3.67. The molecule has 10 heteroatoms. The fourth-order valence-electron chi connectivity index (χ4n) is 2.39. The van der Waals surface area contributed by atoms with Crippen LogP contribution in [0.1, 0.15) is 11.1 Å². The predicted molar refractivity (Wildman–Crippen MR) is 77.9 cm³/mol. The van der Waals surface area contributed by atoms with Crippen LogP contribution in [0.5, 0.6) is 11.5 Å². The van der Waals surface area contributed by atoms with Crippen molar-refractivity contribution < 1.29 is 36.6 Å². The summed E-state index contributed by atoms with van der Waals surface area (Å²) in [6.45, 7) is 0. The molecule has 4 nitrogen and oxygen atoms in total. The number of rotatable bonds is 3. The van der Waals surface area contributed by atoms with Gasteiger partial charge in [-0.2, -0.15) is 22.0 Å². The summed E-state index contributed by atoms with van der Waals surface area (Å²) >= 11 is 0. The van der Waals surface area contributed by atoms with Crippen LogP contribution in [0.15, 0.2) is 36.4 Å². The van der Waals surface area contributed by atoms with Crippen molar-refractivity contribution in [1.82, 2.24) is 0 Å². The van der Waals surface area contributed by atoms with E-state index in [0.29, 0.717) is 12.1 Å². The van der Waals surface area contributed by atoms with E-state index in [1.54, 1.807) is 0 Å². The number of halogens is 6. The van der Waals surface area contributed by atoms with Gasteiger partial charge < -0.3 is 21.7 Å². The largest absolute Gasteiger partial charge is 0.506 e. The van der Waals surface area contributed by atoms with E-state index in [0.717, 1.165) is 24.3 Å². The zero-order chi connectivity index (χ0) is 19.2. The third-order valence-electron chi connectivity index (χ3n) is 3.70. The topological polar surface area (TPSA) is 92.5 Å². The maximum Gasteiger partial charge on any atom is 0.457 e. The van der Waals surface area contributed by atoms with Crippen LogP contribution in [-0.2, 0) is 5.67 Å². The summed E-state index contributed by atoms with van der Waals surface area (Å²) in [5.41, 5.74) is 1.36. The number of alkyl halides is 6. The Labute approximate surface area is 137 Å². The van der Waals surface area contributed by atoms with E-state index in [1.165, 1.54) is 0 Å². The Bertz CT molecular complexity index is 756. The van der Waals surface area contributed by atoms with Crippen molar-refractivity contribution in [2.45, 2.75) is 17.8 Å². The Morgan fingerprint density at radius 2 is 1.04 bits per heavy atom. The van der Waals surface area contributed by atoms with Gasteiger partial charge in [-0.1, -0.05) is 24.3 Å². The molecule has 2 rings (SSSR count). The summed E-state index contributed by atoms with van der Waals surface area (Å²) in [5.74, 6) is -7.77. The van der Waals surface area contributed by atoms with Gasteiger partial charge in [-0.05, 0) is 12.1 Å². The number of para-hydroxylation sites is 2. The van der Waals surface area contributed by atoms with E-state index in [-0.39, 0.29) is 0 Å². The van der Waals surface area contributed by atoms with Crippen LogP contribution in [-0.4, -0.2) is 22.3 Å². The molecular formula is C15H12F6N2O2. The van der Waals surface area contributed by atoms with Crippen LogP contribution in [0.25, 0.3) is 0 Å². The molecule has 0 atom stereocenters. The fourth-order valence-corrected chi connectivity index (χ4v) is 2.39. The van der Waals surface area contributed by atoms with Gasteiger partial charge >= 0.3 is 12.1 Å². The Kier molecular flexibility index (Phi) is 4.19. The molecule has 0 aromatic heterocycles. The lowest BCUT2D eigenvalue weighted by molar-refractivity contribution is -0.322. The van der Waals surface area contributed by atoms with Crippen molar-refractivity contribution >= 4 is 11.4 Å². The Morgan fingerprint density at radius 3 is 1.36 bits per heavy atom. The van der Waals surface area contributed by atoms with Crippen molar-refractivity contribution in [2.75, 3.05) is 11.5 Å². The highest BCUT2D eigenvalue weighted by molar-refractivity contribution is 5.68. The second-order valence-corrected chi connectivity index (χ2v) is 5.21. The summed E-state index contributed by atoms with van der Waals surface area (Å²) in [5, 5.41) is 19.0. The molecule has 2 aromatic carbocycles. The molecule has 0 spiro atoms. The van der Waals surface area contributed by atoms with Crippen LogP contribution in [0.3, 0.4) is 0 Å².